The molecule has 166 valence electrons. The number of H-pyrrole nitrogens is 1. The number of nitrogens with zero attached hydrogens (tertiary/aromatic N) is 4. The van der Waals surface area contributed by atoms with E-state index in [4.69, 9.17) is 28.0 Å². The van der Waals surface area contributed by atoms with Gasteiger partial charge in [-0.25, -0.2) is 19.0 Å². The van der Waals surface area contributed by atoms with Crippen LogP contribution in [0.3, 0.4) is 0 Å². The minimum Gasteiger partial charge on any atom is -0.401 e. The monoisotopic (exact) mass is 481 g/mol. The lowest BCUT2D eigenvalue weighted by Crippen LogP contribution is -2.26. The first kappa shape index (κ1) is 21.8. The minimum absolute atomic E-state index is 0.192. The number of rotatable bonds is 5. The van der Waals surface area contributed by atoms with Crippen LogP contribution in [-0.4, -0.2) is 37.7 Å². The molecule has 1 unspecified atom stereocenters. The van der Waals surface area contributed by atoms with Crippen LogP contribution in [0.2, 0.25) is 10.0 Å². The van der Waals surface area contributed by atoms with E-state index in [9.17, 15) is 14.0 Å². The second kappa shape index (κ2) is 8.61. The van der Waals surface area contributed by atoms with Crippen molar-refractivity contribution < 1.29 is 23.8 Å². The van der Waals surface area contributed by atoms with E-state index in [1.807, 2.05) is 0 Å². The van der Waals surface area contributed by atoms with Gasteiger partial charge in [0.05, 0.1) is 24.0 Å². The molecule has 13 heteroatoms. The lowest BCUT2D eigenvalue weighted by Gasteiger charge is -2.17. The van der Waals surface area contributed by atoms with Crippen LogP contribution in [0.1, 0.15) is 18.6 Å². The molecule has 1 aromatic carbocycles. The zero-order valence-corrected chi connectivity index (χ0v) is 18.0. The van der Waals surface area contributed by atoms with Crippen LogP contribution in [0.5, 0.6) is 0 Å². The Labute approximate surface area is 188 Å². The van der Waals surface area contributed by atoms with Gasteiger partial charge in [-0.1, -0.05) is 23.2 Å². The van der Waals surface area contributed by atoms with E-state index in [1.54, 1.807) is 19.1 Å². The fourth-order valence-electron chi connectivity index (χ4n) is 3.03. The second-order valence-corrected chi connectivity index (χ2v) is 7.27. The summed E-state index contributed by atoms with van der Waals surface area (Å²) in [6.45, 7) is 1.58. The number of fused-ring (bicyclic) bond motifs is 1. The molecule has 0 amide bonds. The third-order valence-corrected chi connectivity index (χ3v) is 5.19. The molecular weight excluding hydrogens is 468 g/mol. The summed E-state index contributed by atoms with van der Waals surface area (Å²) in [5.74, 6) is -0.658. The maximum atomic E-state index is 13.9. The molecule has 3 heterocycles. The van der Waals surface area contributed by atoms with Crippen molar-refractivity contribution in [2.45, 2.75) is 13.0 Å². The van der Waals surface area contributed by atoms with E-state index in [-0.39, 0.29) is 21.3 Å². The van der Waals surface area contributed by atoms with Crippen LogP contribution in [0.15, 0.2) is 41.5 Å². The van der Waals surface area contributed by atoms with Gasteiger partial charge in [0.2, 0.25) is 0 Å². The average Bonchev–Trinajstić information content (AvgIpc) is 3.36. The number of carbonyl (C=O) groups excluding carboxylic acids is 1. The van der Waals surface area contributed by atoms with Gasteiger partial charge in [-0.2, -0.15) is 14.7 Å². The smallest absolute Gasteiger partial charge is 0.401 e. The van der Waals surface area contributed by atoms with Crippen LogP contribution < -0.4 is 10.5 Å². The van der Waals surface area contributed by atoms with E-state index in [2.05, 4.69) is 24.8 Å². The maximum Gasteiger partial charge on any atom is 0.465 e. The summed E-state index contributed by atoms with van der Waals surface area (Å²) < 4.78 is 15.8. The number of pyridine rings is 1. The standard InChI is InChI=1S/C19H14Cl2FN5O5/c1-9(15-11(20)3-4-12(22)16(15)21)31-27-14-6-5-13(24-17(14)25-18(27)28)10-7-23-26(8-10)19(29)32-30-2/h3-9H,1-2H3,(H,24,25,28). The van der Waals surface area contributed by atoms with Crippen molar-refractivity contribution in [1.29, 1.82) is 0 Å². The number of benzene rings is 1. The van der Waals surface area contributed by atoms with Crippen LogP contribution in [0.25, 0.3) is 22.4 Å². The Morgan fingerprint density at radius 3 is 2.78 bits per heavy atom. The van der Waals surface area contributed by atoms with Crippen molar-refractivity contribution in [3.05, 3.63) is 68.6 Å². The number of nitrogens with one attached hydrogen (secondary N) is 1. The molecule has 4 rings (SSSR count). The van der Waals surface area contributed by atoms with Crippen molar-refractivity contribution in [3.8, 4) is 11.3 Å². The molecule has 0 spiro atoms. The van der Waals surface area contributed by atoms with Gasteiger partial charge in [-0.15, -0.1) is 4.73 Å². The highest BCUT2D eigenvalue weighted by atomic mass is 35.5. The summed E-state index contributed by atoms with van der Waals surface area (Å²) in [7, 11) is 1.19. The summed E-state index contributed by atoms with van der Waals surface area (Å²) in [4.78, 5) is 45.5. The van der Waals surface area contributed by atoms with E-state index in [0.717, 1.165) is 15.5 Å². The zero-order valence-electron chi connectivity index (χ0n) is 16.5. The predicted octanol–water partition coefficient (Wildman–Crippen LogP) is 3.77. The molecule has 0 radical (unpaired) electrons. The number of carbonyl (C=O) groups is 1. The van der Waals surface area contributed by atoms with Gasteiger partial charge in [0.1, 0.15) is 11.3 Å². The topological polar surface area (TPSA) is 113 Å². The molecular formula is C19H14Cl2FN5O5. The molecule has 0 aliphatic carbocycles. The molecule has 4 aromatic rings. The lowest BCUT2D eigenvalue weighted by molar-refractivity contribution is -0.213. The maximum absolute atomic E-state index is 13.9. The summed E-state index contributed by atoms with van der Waals surface area (Å²) in [6, 6.07) is 5.68. The number of aromatic amines is 1. The summed E-state index contributed by atoms with van der Waals surface area (Å²) >= 11 is 12.2. The summed E-state index contributed by atoms with van der Waals surface area (Å²) in [6.07, 6.45) is 1.09. The molecule has 1 atom stereocenters. The fraction of sp³-hybridized carbons (Fsp3) is 0.158. The van der Waals surface area contributed by atoms with Crippen molar-refractivity contribution in [1.82, 2.24) is 24.5 Å². The number of hydrogen-bond acceptors (Lipinski definition) is 7. The summed E-state index contributed by atoms with van der Waals surface area (Å²) in [5.41, 5.74) is 1.03. The van der Waals surface area contributed by atoms with Crippen molar-refractivity contribution >= 4 is 40.5 Å². The molecule has 3 aromatic heterocycles. The Morgan fingerprint density at radius 1 is 1.25 bits per heavy atom. The van der Waals surface area contributed by atoms with Gasteiger partial charge in [0, 0.05) is 22.3 Å². The highest BCUT2D eigenvalue weighted by molar-refractivity contribution is 6.36. The number of hydrogen-bond donors (Lipinski definition) is 1. The van der Waals surface area contributed by atoms with Gasteiger partial charge in [0.15, 0.2) is 11.8 Å². The summed E-state index contributed by atoms with van der Waals surface area (Å²) in [5, 5.41) is 3.88. The average molecular weight is 482 g/mol. The molecule has 10 nitrogen and oxygen atoms in total. The Bertz CT molecular complexity index is 1380. The molecule has 32 heavy (non-hydrogen) atoms. The normalized spacial score (nSPS) is 12.2. The van der Waals surface area contributed by atoms with Crippen molar-refractivity contribution in [3.63, 3.8) is 0 Å². The molecule has 0 aliphatic heterocycles. The van der Waals surface area contributed by atoms with E-state index >= 15 is 0 Å². The molecule has 0 aliphatic rings. The van der Waals surface area contributed by atoms with Gasteiger partial charge in [-0.3, -0.25) is 9.87 Å². The van der Waals surface area contributed by atoms with Gasteiger partial charge in [-0.05, 0) is 31.2 Å². The van der Waals surface area contributed by atoms with Crippen molar-refractivity contribution in [2.24, 2.45) is 0 Å². The molecule has 0 fully saturated rings. The van der Waals surface area contributed by atoms with Crippen LogP contribution in [-0.2, 0) is 9.78 Å². The molecule has 0 saturated heterocycles. The van der Waals surface area contributed by atoms with Crippen LogP contribution in [0, 0.1) is 5.82 Å². The van der Waals surface area contributed by atoms with E-state index in [1.165, 1.54) is 25.6 Å². The van der Waals surface area contributed by atoms with Gasteiger partial charge >= 0.3 is 11.8 Å². The SMILES string of the molecule is COOC(=O)n1cc(-c2ccc3c(n2)[nH]c(=O)n3OC(C)c2c(Cl)ccc(F)c2Cl)cn1. The van der Waals surface area contributed by atoms with Crippen LogP contribution in [0.4, 0.5) is 9.18 Å². The molecule has 1 N–H and O–H groups in total. The third kappa shape index (κ3) is 3.93. The lowest BCUT2D eigenvalue weighted by atomic mass is 10.1. The van der Waals surface area contributed by atoms with Crippen LogP contribution >= 0.6 is 23.2 Å². The number of aromatic nitrogens is 5. The Hall–Kier alpha value is -3.41. The number of halogens is 3. The highest BCUT2D eigenvalue weighted by Crippen LogP contribution is 2.33. The third-order valence-electron chi connectivity index (χ3n) is 4.47. The van der Waals surface area contributed by atoms with Gasteiger partial charge in [0.25, 0.3) is 0 Å². The second-order valence-electron chi connectivity index (χ2n) is 6.48. The first-order valence-corrected chi connectivity index (χ1v) is 9.78. The zero-order chi connectivity index (χ0) is 23.0. The quantitative estimate of drug-likeness (QED) is 0.262. The van der Waals surface area contributed by atoms with Crippen molar-refractivity contribution in [2.75, 3.05) is 7.11 Å². The highest BCUT2D eigenvalue weighted by Gasteiger charge is 2.21. The van der Waals surface area contributed by atoms with E-state index in [0.29, 0.717) is 16.8 Å². The Kier molecular flexibility index (Phi) is 5.87. The predicted molar refractivity (Wildman–Crippen MR) is 112 cm³/mol. The first-order chi connectivity index (χ1) is 15.3. The largest absolute Gasteiger partial charge is 0.465 e. The Balaban J connectivity index is 1.66. The Morgan fingerprint density at radius 2 is 2.03 bits per heavy atom. The number of imidazole rings is 1. The minimum atomic E-state index is -0.855. The molecule has 0 bridgehead atoms. The van der Waals surface area contributed by atoms with E-state index < -0.39 is 23.7 Å². The van der Waals surface area contributed by atoms with Gasteiger partial charge < -0.3 is 4.84 Å². The first-order valence-electron chi connectivity index (χ1n) is 9.02. The molecule has 0 saturated carbocycles. The fourth-order valence-corrected chi connectivity index (χ4v) is 3.70.